The van der Waals surface area contributed by atoms with Crippen LogP contribution in [0.2, 0.25) is 0 Å². The maximum Gasteiger partial charge on any atom is 0.269 e. The number of ether oxygens (including phenoxy) is 1. The van der Waals surface area contributed by atoms with Crippen molar-refractivity contribution < 1.29 is 19.4 Å². The average Bonchev–Trinajstić information content (AvgIpc) is 3.32. The summed E-state index contributed by atoms with van der Waals surface area (Å²) in [7, 11) is 1.64. The first-order chi connectivity index (χ1) is 12.9. The summed E-state index contributed by atoms with van der Waals surface area (Å²) in [6.45, 7) is 1.11. The van der Waals surface area contributed by atoms with Crippen LogP contribution in [-0.4, -0.2) is 50.8 Å². The van der Waals surface area contributed by atoms with Gasteiger partial charge in [-0.2, -0.15) is 5.10 Å². The fraction of sp³-hybridized carbons (Fsp3) is 0.316. The Kier molecular flexibility index (Phi) is 3.98. The summed E-state index contributed by atoms with van der Waals surface area (Å²) in [4.78, 5) is 25.1. The van der Waals surface area contributed by atoms with E-state index in [0.717, 1.165) is 5.69 Å². The van der Waals surface area contributed by atoms with Crippen LogP contribution in [0.25, 0.3) is 5.69 Å². The Morgan fingerprint density at radius 3 is 2.93 bits per heavy atom. The van der Waals surface area contributed by atoms with Gasteiger partial charge >= 0.3 is 0 Å². The molecule has 0 radical (unpaired) electrons. The number of likely N-dealkylation sites (tertiary alicyclic amines) is 1. The van der Waals surface area contributed by atoms with Crippen molar-refractivity contribution in [3.05, 3.63) is 46.8 Å². The molecule has 8 heteroatoms. The van der Waals surface area contributed by atoms with Crippen molar-refractivity contribution in [2.45, 2.75) is 25.2 Å². The van der Waals surface area contributed by atoms with Gasteiger partial charge in [0, 0.05) is 31.1 Å². The molecule has 1 fully saturated rings. The molecule has 0 aliphatic carbocycles. The van der Waals surface area contributed by atoms with Crippen LogP contribution in [0.1, 0.15) is 33.7 Å². The van der Waals surface area contributed by atoms with Crippen molar-refractivity contribution in [1.29, 1.82) is 0 Å². The predicted octanol–water partition coefficient (Wildman–Crippen LogP) is -0.0539. The minimum atomic E-state index is -1.65. The van der Waals surface area contributed by atoms with Crippen molar-refractivity contribution in [3.8, 4) is 17.5 Å². The third kappa shape index (κ3) is 2.87. The first-order valence-corrected chi connectivity index (χ1v) is 8.49. The minimum absolute atomic E-state index is 0.202. The maximum absolute atomic E-state index is 12.0. The highest BCUT2D eigenvalue weighted by atomic mass is 16.5. The van der Waals surface area contributed by atoms with Gasteiger partial charge in [-0.25, -0.2) is 4.68 Å². The predicted molar refractivity (Wildman–Crippen MR) is 94.7 cm³/mol. The number of primary amides is 1. The second-order valence-corrected chi connectivity index (χ2v) is 6.68. The zero-order valence-corrected chi connectivity index (χ0v) is 14.7. The molecule has 2 aromatic rings. The molecule has 1 aromatic carbocycles. The van der Waals surface area contributed by atoms with Gasteiger partial charge in [0.15, 0.2) is 5.69 Å². The SMILES string of the molecule is CN1CC[C@@](O)(C#Cc2cccc(-n3nc(C(N)=O)c4c3COC4)c2)C1=O. The highest BCUT2D eigenvalue weighted by Crippen LogP contribution is 2.26. The summed E-state index contributed by atoms with van der Waals surface area (Å²) in [6.07, 6.45) is 0.279. The topological polar surface area (TPSA) is 111 Å². The molecule has 27 heavy (non-hydrogen) atoms. The number of hydrogen-bond donors (Lipinski definition) is 2. The largest absolute Gasteiger partial charge is 0.370 e. The van der Waals surface area contributed by atoms with Crippen LogP contribution in [0.3, 0.4) is 0 Å². The molecule has 3 N–H and O–H groups in total. The number of rotatable bonds is 2. The van der Waals surface area contributed by atoms with Gasteiger partial charge in [-0.1, -0.05) is 17.9 Å². The molecule has 3 heterocycles. The van der Waals surface area contributed by atoms with Crippen molar-refractivity contribution in [3.63, 3.8) is 0 Å². The molecule has 2 aliphatic rings. The summed E-state index contributed by atoms with van der Waals surface area (Å²) in [6, 6.07) is 7.17. The standard InChI is InChI=1S/C19H18N4O4/c1-22-8-7-19(26,18(22)25)6-5-12-3-2-4-13(9-12)23-15-11-27-10-14(15)16(21-23)17(20)24/h2-4,9,26H,7-8,10-11H2,1H3,(H2,20,24)/t19-/m0/s1. The zero-order chi connectivity index (χ0) is 19.2. The molecule has 0 spiro atoms. The number of nitrogens with zero attached hydrogens (tertiary/aromatic N) is 3. The number of fused-ring (bicyclic) bond motifs is 1. The average molecular weight is 366 g/mol. The molecule has 0 bridgehead atoms. The van der Waals surface area contributed by atoms with Crippen LogP contribution < -0.4 is 5.73 Å². The van der Waals surface area contributed by atoms with Crippen LogP contribution in [0.15, 0.2) is 24.3 Å². The molecule has 1 saturated heterocycles. The Morgan fingerprint density at radius 1 is 1.41 bits per heavy atom. The second kappa shape index (κ2) is 6.23. The summed E-state index contributed by atoms with van der Waals surface area (Å²) in [5.41, 5.74) is 6.75. The number of aliphatic hydroxyl groups is 1. The van der Waals surface area contributed by atoms with E-state index in [1.54, 1.807) is 29.9 Å². The van der Waals surface area contributed by atoms with E-state index in [0.29, 0.717) is 36.6 Å². The first-order valence-electron chi connectivity index (χ1n) is 8.49. The van der Waals surface area contributed by atoms with Gasteiger partial charge < -0.3 is 20.5 Å². The molecule has 2 amide bonds. The number of nitrogens with two attached hydrogens (primary N) is 1. The van der Waals surface area contributed by atoms with Gasteiger partial charge in [-0.3, -0.25) is 9.59 Å². The Morgan fingerprint density at radius 2 is 2.22 bits per heavy atom. The van der Waals surface area contributed by atoms with E-state index in [2.05, 4.69) is 16.9 Å². The van der Waals surface area contributed by atoms with Crippen LogP contribution >= 0.6 is 0 Å². The molecule has 0 unspecified atom stereocenters. The van der Waals surface area contributed by atoms with Gasteiger partial charge in [-0.15, -0.1) is 0 Å². The summed E-state index contributed by atoms with van der Waals surface area (Å²) >= 11 is 0. The first kappa shape index (κ1) is 17.3. The highest BCUT2D eigenvalue weighted by molar-refractivity contribution is 5.92. The lowest BCUT2D eigenvalue weighted by Gasteiger charge is -2.13. The molecule has 1 atom stereocenters. The third-order valence-corrected chi connectivity index (χ3v) is 4.82. The van der Waals surface area contributed by atoms with Gasteiger partial charge in [-0.05, 0) is 18.2 Å². The van der Waals surface area contributed by atoms with E-state index in [4.69, 9.17) is 10.5 Å². The van der Waals surface area contributed by atoms with Gasteiger partial charge in [0.25, 0.3) is 11.8 Å². The molecule has 8 nitrogen and oxygen atoms in total. The van der Waals surface area contributed by atoms with E-state index in [-0.39, 0.29) is 18.0 Å². The number of aromatic nitrogens is 2. The molecular formula is C19H18N4O4. The van der Waals surface area contributed by atoms with Gasteiger partial charge in [0.1, 0.15) is 0 Å². The maximum atomic E-state index is 12.0. The number of hydrogen-bond acceptors (Lipinski definition) is 5. The van der Waals surface area contributed by atoms with E-state index < -0.39 is 11.5 Å². The second-order valence-electron chi connectivity index (χ2n) is 6.68. The Bertz CT molecular complexity index is 1020. The number of benzene rings is 1. The monoisotopic (exact) mass is 366 g/mol. The van der Waals surface area contributed by atoms with Crippen LogP contribution in [0.4, 0.5) is 0 Å². The third-order valence-electron chi connectivity index (χ3n) is 4.82. The number of carbonyl (C=O) groups is 2. The van der Waals surface area contributed by atoms with Crippen molar-refractivity contribution in [2.24, 2.45) is 5.73 Å². The normalized spacial score (nSPS) is 21.1. The highest BCUT2D eigenvalue weighted by Gasteiger charge is 2.42. The van der Waals surface area contributed by atoms with Crippen LogP contribution in [-0.2, 0) is 22.7 Å². The van der Waals surface area contributed by atoms with Gasteiger partial charge in [0.05, 0.1) is 24.6 Å². The lowest BCUT2D eigenvalue weighted by atomic mass is 10.0. The zero-order valence-electron chi connectivity index (χ0n) is 14.7. The Labute approximate surface area is 155 Å². The molecule has 1 aromatic heterocycles. The lowest BCUT2D eigenvalue weighted by molar-refractivity contribution is -0.137. The van der Waals surface area contributed by atoms with E-state index >= 15 is 0 Å². The Hall–Kier alpha value is -3.15. The van der Waals surface area contributed by atoms with Crippen molar-refractivity contribution in [1.82, 2.24) is 14.7 Å². The molecular weight excluding hydrogens is 348 g/mol. The smallest absolute Gasteiger partial charge is 0.269 e. The fourth-order valence-electron chi connectivity index (χ4n) is 3.31. The molecule has 2 aliphatic heterocycles. The van der Waals surface area contributed by atoms with Crippen LogP contribution in [0, 0.1) is 11.8 Å². The molecule has 0 saturated carbocycles. The van der Waals surface area contributed by atoms with Crippen LogP contribution in [0.5, 0.6) is 0 Å². The van der Waals surface area contributed by atoms with E-state index in [1.807, 2.05) is 6.07 Å². The minimum Gasteiger partial charge on any atom is -0.370 e. The fourth-order valence-corrected chi connectivity index (χ4v) is 3.31. The quantitative estimate of drug-likeness (QED) is 0.724. The summed E-state index contributed by atoms with van der Waals surface area (Å²) < 4.78 is 7.04. The lowest BCUT2D eigenvalue weighted by Crippen LogP contribution is -2.37. The summed E-state index contributed by atoms with van der Waals surface area (Å²) in [5, 5.41) is 14.7. The summed E-state index contributed by atoms with van der Waals surface area (Å²) in [5.74, 6) is 4.58. The van der Waals surface area contributed by atoms with E-state index in [1.165, 1.54) is 4.90 Å². The van der Waals surface area contributed by atoms with Gasteiger partial charge in [0.2, 0.25) is 5.60 Å². The molecule has 138 valence electrons. The number of carbonyl (C=O) groups excluding carboxylic acids is 2. The molecule has 4 rings (SSSR count). The van der Waals surface area contributed by atoms with Crippen molar-refractivity contribution >= 4 is 11.8 Å². The van der Waals surface area contributed by atoms with Crippen molar-refractivity contribution in [2.75, 3.05) is 13.6 Å². The Balaban J connectivity index is 1.70. The number of amides is 2. The van der Waals surface area contributed by atoms with E-state index in [9.17, 15) is 14.7 Å². The number of likely N-dealkylation sites (N-methyl/N-ethyl adjacent to an activating group) is 1.